The molecule has 1 aromatic rings. The van der Waals surface area contributed by atoms with E-state index in [9.17, 15) is 8.42 Å². The Kier molecular flexibility index (Phi) is 4.30. The SMILES string of the molecule is CN(C)S(=O)(=O)N(C)Cc1csc(Br)c1. The van der Waals surface area contributed by atoms with Crippen molar-refractivity contribution in [3.63, 3.8) is 0 Å². The number of nitrogens with zero attached hydrogens (tertiary/aromatic N) is 2. The average molecular weight is 313 g/mol. The van der Waals surface area contributed by atoms with Crippen LogP contribution in [0.25, 0.3) is 0 Å². The van der Waals surface area contributed by atoms with E-state index in [0.29, 0.717) is 6.54 Å². The summed E-state index contributed by atoms with van der Waals surface area (Å²) in [5.74, 6) is 0. The Morgan fingerprint density at radius 3 is 2.40 bits per heavy atom. The van der Waals surface area contributed by atoms with Gasteiger partial charge < -0.3 is 0 Å². The van der Waals surface area contributed by atoms with E-state index in [1.807, 2.05) is 11.4 Å². The Morgan fingerprint density at radius 1 is 1.40 bits per heavy atom. The molecule has 4 nitrogen and oxygen atoms in total. The molecule has 0 N–H and O–H groups in total. The van der Waals surface area contributed by atoms with E-state index in [0.717, 1.165) is 9.35 Å². The van der Waals surface area contributed by atoms with Gasteiger partial charge in [-0.05, 0) is 32.9 Å². The lowest BCUT2D eigenvalue weighted by Gasteiger charge is -2.20. The van der Waals surface area contributed by atoms with Crippen LogP contribution in [0.4, 0.5) is 0 Å². The van der Waals surface area contributed by atoms with Crippen LogP contribution in [0.1, 0.15) is 5.56 Å². The fourth-order valence-electron chi connectivity index (χ4n) is 1.05. The first-order valence-electron chi connectivity index (χ1n) is 4.20. The van der Waals surface area contributed by atoms with Crippen LogP contribution < -0.4 is 0 Å². The highest BCUT2D eigenvalue weighted by Crippen LogP contribution is 2.22. The Labute approximate surface area is 103 Å². The summed E-state index contributed by atoms with van der Waals surface area (Å²) >= 11 is 4.89. The van der Waals surface area contributed by atoms with Crippen LogP contribution in [0.3, 0.4) is 0 Å². The van der Waals surface area contributed by atoms with Gasteiger partial charge in [0.15, 0.2) is 0 Å². The van der Waals surface area contributed by atoms with Crippen molar-refractivity contribution in [3.05, 3.63) is 20.8 Å². The lowest BCUT2D eigenvalue weighted by molar-refractivity contribution is 0.414. The van der Waals surface area contributed by atoms with E-state index in [1.54, 1.807) is 18.4 Å². The first kappa shape index (κ1) is 13.1. The third-order valence-corrected chi connectivity index (χ3v) is 5.28. The van der Waals surface area contributed by atoms with Crippen LogP contribution in [0.15, 0.2) is 15.2 Å². The number of rotatable bonds is 4. The van der Waals surface area contributed by atoms with Crippen LogP contribution in [0.2, 0.25) is 0 Å². The van der Waals surface area contributed by atoms with Gasteiger partial charge in [0.05, 0.1) is 3.79 Å². The highest BCUT2D eigenvalue weighted by atomic mass is 79.9. The highest BCUT2D eigenvalue weighted by Gasteiger charge is 2.20. The van der Waals surface area contributed by atoms with E-state index < -0.39 is 10.2 Å². The number of hydrogen-bond donors (Lipinski definition) is 0. The van der Waals surface area contributed by atoms with Gasteiger partial charge in [-0.3, -0.25) is 0 Å². The number of hydrogen-bond acceptors (Lipinski definition) is 3. The maximum Gasteiger partial charge on any atom is 0.281 e. The van der Waals surface area contributed by atoms with Crippen LogP contribution in [-0.4, -0.2) is 38.2 Å². The summed E-state index contributed by atoms with van der Waals surface area (Å²) in [6, 6.07) is 1.92. The zero-order chi connectivity index (χ0) is 11.6. The molecule has 0 saturated carbocycles. The fraction of sp³-hybridized carbons (Fsp3) is 0.500. The van der Waals surface area contributed by atoms with Crippen molar-refractivity contribution < 1.29 is 8.42 Å². The van der Waals surface area contributed by atoms with Crippen LogP contribution in [-0.2, 0) is 16.8 Å². The second-order valence-electron chi connectivity index (χ2n) is 3.31. The Hall–Kier alpha value is 0.0500. The van der Waals surface area contributed by atoms with Crippen molar-refractivity contribution in [3.8, 4) is 0 Å². The fourth-order valence-corrected chi connectivity index (χ4v) is 3.12. The van der Waals surface area contributed by atoms with Gasteiger partial charge in [0.1, 0.15) is 0 Å². The molecule has 1 heterocycles. The topological polar surface area (TPSA) is 40.6 Å². The lowest BCUT2D eigenvalue weighted by atomic mass is 10.3. The van der Waals surface area contributed by atoms with Gasteiger partial charge >= 0.3 is 0 Å². The quantitative estimate of drug-likeness (QED) is 0.850. The zero-order valence-corrected chi connectivity index (χ0v) is 12.0. The van der Waals surface area contributed by atoms with Crippen molar-refractivity contribution in [1.82, 2.24) is 8.61 Å². The van der Waals surface area contributed by atoms with Gasteiger partial charge in [0.2, 0.25) is 0 Å². The standard InChI is InChI=1S/C8H13BrN2O2S2/c1-10(2)15(12,13)11(3)5-7-4-8(9)14-6-7/h4,6H,5H2,1-3H3. The van der Waals surface area contributed by atoms with Crippen molar-refractivity contribution in [2.45, 2.75) is 6.54 Å². The highest BCUT2D eigenvalue weighted by molar-refractivity contribution is 9.11. The zero-order valence-electron chi connectivity index (χ0n) is 8.77. The van der Waals surface area contributed by atoms with Gasteiger partial charge in [-0.15, -0.1) is 11.3 Å². The van der Waals surface area contributed by atoms with E-state index >= 15 is 0 Å². The number of thiophene rings is 1. The molecule has 0 aliphatic carbocycles. The minimum atomic E-state index is -3.31. The van der Waals surface area contributed by atoms with Gasteiger partial charge in [-0.25, -0.2) is 0 Å². The molecule has 0 saturated heterocycles. The first-order valence-corrected chi connectivity index (χ1v) is 7.27. The van der Waals surface area contributed by atoms with Gasteiger partial charge in [0.25, 0.3) is 10.2 Å². The molecule has 0 bridgehead atoms. The predicted molar refractivity (Wildman–Crippen MR) is 66.1 cm³/mol. The molecule has 0 unspecified atom stereocenters. The van der Waals surface area contributed by atoms with Crippen LogP contribution >= 0.6 is 27.3 Å². The maximum atomic E-state index is 11.7. The van der Waals surface area contributed by atoms with Crippen molar-refractivity contribution in [1.29, 1.82) is 0 Å². The third-order valence-electron chi connectivity index (χ3n) is 1.88. The Morgan fingerprint density at radius 2 is 2.00 bits per heavy atom. The second-order valence-corrected chi connectivity index (χ2v) is 7.85. The van der Waals surface area contributed by atoms with E-state index in [2.05, 4.69) is 15.9 Å². The van der Waals surface area contributed by atoms with Gasteiger partial charge in [0, 0.05) is 27.7 Å². The van der Waals surface area contributed by atoms with Crippen molar-refractivity contribution in [2.24, 2.45) is 0 Å². The summed E-state index contributed by atoms with van der Waals surface area (Å²) in [5, 5.41) is 1.94. The molecule has 0 fully saturated rings. The molecule has 0 atom stereocenters. The largest absolute Gasteiger partial charge is 0.281 e. The molecule has 1 rings (SSSR count). The molecule has 7 heteroatoms. The molecule has 0 aromatic carbocycles. The Bertz CT molecular complexity index is 428. The lowest BCUT2D eigenvalue weighted by Crippen LogP contribution is -2.36. The molecular formula is C8H13BrN2O2S2. The van der Waals surface area contributed by atoms with Crippen molar-refractivity contribution in [2.75, 3.05) is 21.1 Å². The van der Waals surface area contributed by atoms with E-state index in [-0.39, 0.29) is 0 Å². The molecule has 86 valence electrons. The molecule has 0 spiro atoms. The number of halogens is 1. The average Bonchev–Trinajstić information content (AvgIpc) is 2.50. The van der Waals surface area contributed by atoms with Gasteiger partial charge in [-0.2, -0.15) is 17.0 Å². The van der Waals surface area contributed by atoms with Crippen molar-refractivity contribution >= 4 is 37.5 Å². The van der Waals surface area contributed by atoms with Gasteiger partial charge in [-0.1, -0.05) is 0 Å². The maximum absolute atomic E-state index is 11.7. The van der Waals surface area contributed by atoms with Crippen LogP contribution in [0.5, 0.6) is 0 Å². The summed E-state index contributed by atoms with van der Waals surface area (Å²) in [5.41, 5.74) is 0.986. The summed E-state index contributed by atoms with van der Waals surface area (Å²) < 4.78 is 26.9. The molecule has 0 amide bonds. The minimum Gasteiger partial charge on any atom is -0.195 e. The normalized spacial score (nSPS) is 12.7. The minimum absolute atomic E-state index is 0.391. The van der Waals surface area contributed by atoms with E-state index in [1.165, 1.54) is 22.7 Å². The second kappa shape index (κ2) is 4.92. The first-order chi connectivity index (χ1) is 6.84. The van der Waals surface area contributed by atoms with Crippen LogP contribution in [0, 0.1) is 0 Å². The molecule has 1 aromatic heterocycles. The molecule has 0 aliphatic rings. The van der Waals surface area contributed by atoms with E-state index in [4.69, 9.17) is 0 Å². The summed E-state index contributed by atoms with van der Waals surface area (Å²) in [6.07, 6.45) is 0. The Balaban J connectivity index is 2.76. The third kappa shape index (κ3) is 3.25. The molecule has 0 aliphatic heterocycles. The summed E-state index contributed by atoms with van der Waals surface area (Å²) in [7, 11) is 1.31. The predicted octanol–water partition coefficient (Wildman–Crippen LogP) is 1.75. The summed E-state index contributed by atoms with van der Waals surface area (Å²) in [4.78, 5) is 0. The monoisotopic (exact) mass is 312 g/mol. The smallest absolute Gasteiger partial charge is 0.195 e. The molecule has 0 radical (unpaired) electrons. The molecular weight excluding hydrogens is 300 g/mol. The summed E-state index contributed by atoms with van der Waals surface area (Å²) in [6.45, 7) is 0.391. The molecule has 15 heavy (non-hydrogen) atoms.